The second-order valence-corrected chi connectivity index (χ2v) is 5.20. The lowest BCUT2D eigenvalue weighted by atomic mass is 10.0. The van der Waals surface area contributed by atoms with E-state index >= 15 is 0 Å². The predicted molar refractivity (Wildman–Crippen MR) is 90.5 cm³/mol. The molecule has 0 radical (unpaired) electrons. The van der Waals surface area contributed by atoms with Gasteiger partial charge in [-0.25, -0.2) is 0 Å². The second kappa shape index (κ2) is 6.92. The molecule has 110 valence electrons. The Bertz CT molecular complexity index is 703. The van der Waals surface area contributed by atoms with Crippen LogP contribution in [-0.4, -0.2) is 0 Å². The molecular weight excluding hydrogens is 270 g/mol. The predicted octanol–water partition coefficient (Wildman–Crippen LogP) is 4.39. The SMILES string of the molecule is NCc1ccc(OCc2ccc(-c3ccccc3)cc2)cc1. The third-order valence-corrected chi connectivity index (χ3v) is 3.63. The zero-order valence-electron chi connectivity index (χ0n) is 12.4. The molecule has 0 unspecified atom stereocenters. The van der Waals surface area contributed by atoms with E-state index in [9.17, 15) is 0 Å². The highest BCUT2D eigenvalue weighted by Gasteiger charge is 1.99. The molecule has 2 N–H and O–H groups in total. The molecule has 3 aromatic carbocycles. The summed E-state index contributed by atoms with van der Waals surface area (Å²) in [6.45, 7) is 1.12. The Morgan fingerprint density at radius 3 is 1.86 bits per heavy atom. The fraction of sp³-hybridized carbons (Fsp3) is 0.100. The van der Waals surface area contributed by atoms with Gasteiger partial charge in [-0.05, 0) is 34.4 Å². The molecule has 0 fully saturated rings. The van der Waals surface area contributed by atoms with E-state index < -0.39 is 0 Å². The highest BCUT2D eigenvalue weighted by atomic mass is 16.5. The lowest BCUT2D eigenvalue weighted by Crippen LogP contribution is -1.97. The number of hydrogen-bond acceptors (Lipinski definition) is 2. The summed E-state index contributed by atoms with van der Waals surface area (Å²) in [5, 5.41) is 0. The van der Waals surface area contributed by atoms with Crippen LogP contribution in [0, 0.1) is 0 Å². The first-order chi connectivity index (χ1) is 10.8. The highest BCUT2D eigenvalue weighted by Crippen LogP contribution is 2.20. The van der Waals surface area contributed by atoms with E-state index in [1.54, 1.807) is 0 Å². The normalized spacial score (nSPS) is 10.4. The van der Waals surface area contributed by atoms with Crippen molar-refractivity contribution in [3.8, 4) is 16.9 Å². The molecular formula is C20H19NO. The van der Waals surface area contributed by atoms with Gasteiger partial charge in [-0.2, -0.15) is 0 Å². The van der Waals surface area contributed by atoms with E-state index in [0.717, 1.165) is 16.9 Å². The molecule has 0 saturated heterocycles. The van der Waals surface area contributed by atoms with Gasteiger partial charge in [-0.1, -0.05) is 66.7 Å². The molecule has 0 heterocycles. The van der Waals surface area contributed by atoms with Crippen molar-refractivity contribution >= 4 is 0 Å². The lowest BCUT2D eigenvalue weighted by molar-refractivity contribution is 0.306. The fourth-order valence-corrected chi connectivity index (χ4v) is 2.31. The van der Waals surface area contributed by atoms with Gasteiger partial charge in [0.25, 0.3) is 0 Å². The van der Waals surface area contributed by atoms with Gasteiger partial charge in [-0.3, -0.25) is 0 Å². The molecule has 0 saturated carbocycles. The summed E-state index contributed by atoms with van der Waals surface area (Å²) in [7, 11) is 0. The second-order valence-electron chi connectivity index (χ2n) is 5.20. The maximum atomic E-state index is 5.80. The van der Waals surface area contributed by atoms with Gasteiger partial charge in [0.05, 0.1) is 0 Å². The summed E-state index contributed by atoms with van der Waals surface area (Å²) in [4.78, 5) is 0. The summed E-state index contributed by atoms with van der Waals surface area (Å²) in [5.41, 5.74) is 10.3. The van der Waals surface area contributed by atoms with Crippen LogP contribution in [0.15, 0.2) is 78.9 Å². The quantitative estimate of drug-likeness (QED) is 0.756. The molecule has 0 aromatic heterocycles. The Morgan fingerprint density at radius 2 is 1.23 bits per heavy atom. The molecule has 0 atom stereocenters. The van der Waals surface area contributed by atoms with Crippen molar-refractivity contribution in [3.05, 3.63) is 90.0 Å². The Morgan fingerprint density at radius 1 is 0.636 bits per heavy atom. The van der Waals surface area contributed by atoms with Crippen molar-refractivity contribution in [2.45, 2.75) is 13.2 Å². The van der Waals surface area contributed by atoms with Crippen LogP contribution in [0.3, 0.4) is 0 Å². The van der Waals surface area contributed by atoms with Gasteiger partial charge in [0.15, 0.2) is 0 Å². The molecule has 0 spiro atoms. The Kier molecular flexibility index (Phi) is 4.52. The standard InChI is InChI=1S/C20H19NO/c21-14-16-8-12-20(13-9-16)22-15-17-6-10-19(11-7-17)18-4-2-1-3-5-18/h1-13H,14-15,21H2. The maximum Gasteiger partial charge on any atom is 0.119 e. The van der Waals surface area contributed by atoms with Gasteiger partial charge in [0.2, 0.25) is 0 Å². The first-order valence-corrected chi connectivity index (χ1v) is 7.41. The van der Waals surface area contributed by atoms with Crippen LogP contribution < -0.4 is 10.5 Å². The van der Waals surface area contributed by atoms with Crippen molar-refractivity contribution in [3.63, 3.8) is 0 Å². The van der Waals surface area contributed by atoms with Gasteiger partial charge >= 0.3 is 0 Å². The molecule has 2 heteroatoms. The first kappa shape index (κ1) is 14.4. The van der Waals surface area contributed by atoms with E-state index in [1.165, 1.54) is 11.1 Å². The Balaban J connectivity index is 1.63. The van der Waals surface area contributed by atoms with E-state index in [-0.39, 0.29) is 0 Å². The molecule has 3 rings (SSSR count). The van der Waals surface area contributed by atoms with Crippen LogP contribution in [-0.2, 0) is 13.2 Å². The lowest BCUT2D eigenvalue weighted by Gasteiger charge is -2.08. The van der Waals surface area contributed by atoms with Gasteiger partial charge in [0.1, 0.15) is 12.4 Å². The largest absolute Gasteiger partial charge is 0.489 e. The molecule has 0 aliphatic heterocycles. The third-order valence-electron chi connectivity index (χ3n) is 3.63. The van der Waals surface area contributed by atoms with E-state index in [4.69, 9.17) is 10.5 Å². The monoisotopic (exact) mass is 289 g/mol. The van der Waals surface area contributed by atoms with Crippen molar-refractivity contribution in [2.24, 2.45) is 5.73 Å². The Hall–Kier alpha value is -2.58. The van der Waals surface area contributed by atoms with E-state index in [1.807, 2.05) is 30.3 Å². The molecule has 2 nitrogen and oxygen atoms in total. The van der Waals surface area contributed by atoms with Gasteiger partial charge < -0.3 is 10.5 Å². The number of nitrogens with two attached hydrogens (primary N) is 1. The van der Waals surface area contributed by atoms with Crippen molar-refractivity contribution in [2.75, 3.05) is 0 Å². The van der Waals surface area contributed by atoms with Crippen LogP contribution in [0.25, 0.3) is 11.1 Å². The fourth-order valence-electron chi connectivity index (χ4n) is 2.31. The molecule has 0 bridgehead atoms. The minimum absolute atomic E-state index is 0.557. The summed E-state index contributed by atoms with van der Waals surface area (Å²) < 4.78 is 5.80. The molecule has 0 aliphatic carbocycles. The topological polar surface area (TPSA) is 35.2 Å². The van der Waals surface area contributed by atoms with E-state index in [0.29, 0.717) is 13.2 Å². The molecule has 22 heavy (non-hydrogen) atoms. The molecule has 0 aliphatic rings. The zero-order chi connectivity index (χ0) is 15.2. The third kappa shape index (κ3) is 3.54. The van der Waals surface area contributed by atoms with Gasteiger partial charge in [0, 0.05) is 6.54 Å². The zero-order valence-corrected chi connectivity index (χ0v) is 12.4. The number of rotatable bonds is 5. The van der Waals surface area contributed by atoms with Crippen LogP contribution in [0.4, 0.5) is 0 Å². The molecule has 0 amide bonds. The van der Waals surface area contributed by atoms with Crippen molar-refractivity contribution in [1.29, 1.82) is 0 Å². The summed E-state index contributed by atoms with van der Waals surface area (Å²) in [6, 6.07) is 26.7. The average molecular weight is 289 g/mol. The average Bonchev–Trinajstić information content (AvgIpc) is 2.61. The minimum atomic E-state index is 0.557. The summed E-state index contributed by atoms with van der Waals surface area (Å²) >= 11 is 0. The van der Waals surface area contributed by atoms with Crippen LogP contribution in [0.5, 0.6) is 5.75 Å². The first-order valence-electron chi connectivity index (χ1n) is 7.41. The van der Waals surface area contributed by atoms with E-state index in [2.05, 4.69) is 48.5 Å². The number of benzene rings is 3. The maximum absolute atomic E-state index is 5.80. The smallest absolute Gasteiger partial charge is 0.119 e. The van der Waals surface area contributed by atoms with Crippen molar-refractivity contribution < 1.29 is 4.74 Å². The van der Waals surface area contributed by atoms with Crippen molar-refractivity contribution in [1.82, 2.24) is 0 Å². The summed E-state index contributed by atoms with van der Waals surface area (Å²) in [6.07, 6.45) is 0. The van der Waals surface area contributed by atoms with Gasteiger partial charge in [-0.15, -0.1) is 0 Å². The Labute approximate surface area is 131 Å². The van der Waals surface area contributed by atoms with Crippen LogP contribution >= 0.6 is 0 Å². The molecule has 3 aromatic rings. The summed E-state index contributed by atoms with van der Waals surface area (Å²) in [5.74, 6) is 0.865. The number of hydrogen-bond donors (Lipinski definition) is 1. The number of ether oxygens (including phenoxy) is 1. The van der Waals surface area contributed by atoms with Crippen LogP contribution in [0.2, 0.25) is 0 Å². The highest BCUT2D eigenvalue weighted by molar-refractivity contribution is 5.63. The minimum Gasteiger partial charge on any atom is -0.489 e. The van der Waals surface area contributed by atoms with Crippen LogP contribution in [0.1, 0.15) is 11.1 Å².